The number of aryl methyl sites for hydroxylation is 1. The van der Waals surface area contributed by atoms with Gasteiger partial charge in [0.25, 0.3) is 0 Å². The minimum atomic E-state index is -0.210. The fourth-order valence-electron chi connectivity index (χ4n) is 4.96. The van der Waals surface area contributed by atoms with Gasteiger partial charge in [0.2, 0.25) is 5.91 Å². The SMILES string of the molecule is CCc1cccc2c([C@@H](CC(=O)NCCc3ccc(OC)c(OC)c3)c3ccc(OC)cc3OC)c[nH]c12. The van der Waals surface area contributed by atoms with Crippen molar-refractivity contribution < 1.29 is 23.7 Å². The van der Waals surface area contributed by atoms with Gasteiger partial charge in [0, 0.05) is 47.6 Å². The lowest BCUT2D eigenvalue weighted by Crippen LogP contribution is -2.27. The second kappa shape index (κ2) is 12.4. The molecule has 7 heteroatoms. The molecule has 0 aliphatic carbocycles. The lowest BCUT2D eigenvalue weighted by Gasteiger charge is -2.20. The van der Waals surface area contributed by atoms with Gasteiger partial charge in [-0.25, -0.2) is 0 Å². The Morgan fingerprint density at radius 2 is 1.66 bits per heavy atom. The first-order valence-corrected chi connectivity index (χ1v) is 12.8. The summed E-state index contributed by atoms with van der Waals surface area (Å²) in [7, 11) is 6.50. The van der Waals surface area contributed by atoms with Gasteiger partial charge in [-0.15, -0.1) is 0 Å². The first-order valence-electron chi connectivity index (χ1n) is 12.8. The molecule has 0 unspecified atom stereocenters. The van der Waals surface area contributed by atoms with Crippen LogP contribution in [0.15, 0.2) is 60.8 Å². The number of aromatic nitrogens is 1. The number of carbonyl (C=O) groups excluding carboxylic acids is 1. The summed E-state index contributed by atoms with van der Waals surface area (Å²) < 4.78 is 21.9. The van der Waals surface area contributed by atoms with Crippen LogP contribution in [0.3, 0.4) is 0 Å². The minimum absolute atomic E-state index is 0.0330. The third kappa shape index (κ3) is 5.72. The number of H-pyrrole nitrogens is 1. The average molecular weight is 517 g/mol. The Bertz CT molecular complexity index is 1390. The predicted octanol–water partition coefficient (Wildman–Crippen LogP) is 5.65. The van der Waals surface area contributed by atoms with Gasteiger partial charge in [0.15, 0.2) is 11.5 Å². The molecule has 200 valence electrons. The molecule has 4 aromatic rings. The summed E-state index contributed by atoms with van der Waals surface area (Å²) in [6, 6.07) is 17.9. The van der Waals surface area contributed by atoms with E-state index in [0.29, 0.717) is 36.0 Å². The summed E-state index contributed by atoms with van der Waals surface area (Å²) in [6.45, 7) is 2.65. The number of nitrogens with one attached hydrogen (secondary N) is 2. The summed E-state index contributed by atoms with van der Waals surface area (Å²) in [6.07, 6.45) is 3.90. The van der Waals surface area contributed by atoms with Crippen molar-refractivity contribution in [2.24, 2.45) is 0 Å². The van der Waals surface area contributed by atoms with Crippen molar-refractivity contribution >= 4 is 16.8 Å². The van der Waals surface area contributed by atoms with Crippen LogP contribution in [0, 0.1) is 0 Å². The Balaban J connectivity index is 1.59. The van der Waals surface area contributed by atoms with E-state index in [1.165, 1.54) is 5.56 Å². The van der Waals surface area contributed by atoms with Crippen molar-refractivity contribution in [3.05, 3.63) is 83.0 Å². The van der Waals surface area contributed by atoms with Crippen molar-refractivity contribution in [1.29, 1.82) is 0 Å². The molecule has 4 rings (SSSR count). The van der Waals surface area contributed by atoms with E-state index in [1.807, 2.05) is 42.6 Å². The molecule has 0 saturated carbocycles. The maximum Gasteiger partial charge on any atom is 0.220 e. The molecule has 0 saturated heterocycles. The number of ether oxygens (including phenoxy) is 4. The highest BCUT2D eigenvalue weighted by atomic mass is 16.5. The number of rotatable bonds is 12. The van der Waals surface area contributed by atoms with Crippen LogP contribution < -0.4 is 24.3 Å². The van der Waals surface area contributed by atoms with Crippen molar-refractivity contribution in [3.8, 4) is 23.0 Å². The minimum Gasteiger partial charge on any atom is -0.497 e. The molecular weight excluding hydrogens is 480 g/mol. The summed E-state index contributed by atoms with van der Waals surface area (Å²) in [5.41, 5.74) is 5.41. The van der Waals surface area contributed by atoms with Gasteiger partial charge in [-0.05, 0) is 47.7 Å². The quantitative estimate of drug-likeness (QED) is 0.254. The van der Waals surface area contributed by atoms with Gasteiger partial charge in [0.05, 0.1) is 28.4 Å². The molecule has 0 radical (unpaired) electrons. The van der Waals surface area contributed by atoms with Crippen LogP contribution in [-0.2, 0) is 17.6 Å². The van der Waals surface area contributed by atoms with E-state index in [0.717, 1.165) is 34.0 Å². The van der Waals surface area contributed by atoms with Crippen molar-refractivity contribution in [2.75, 3.05) is 35.0 Å². The number of carbonyl (C=O) groups is 1. The van der Waals surface area contributed by atoms with Crippen LogP contribution >= 0.6 is 0 Å². The van der Waals surface area contributed by atoms with E-state index in [1.54, 1.807) is 28.4 Å². The number of amides is 1. The zero-order valence-corrected chi connectivity index (χ0v) is 22.7. The molecule has 7 nitrogen and oxygen atoms in total. The number of fused-ring (bicyclic) bond motifs is 1. The smallest absolute Gasteiger partial charge is 0.220 e. The highest BCUT2D eigenvalue weighted by molar-refractivity contribution is 5.88. The molecule has 0 fully saturated rings. The highest BCUT2D eigenvalue weighted by Crippen LogP contribution is 2.40. The standard InChI is InChI=1S/C31H36N2O5/c1-6-21-8-7-9-24-26(19-33-31(21)24)25(23-12-11-22(35-2)17-28(23)37-4)18-30(34)32-15-14-20-10-13-27(36-3)29(16-20)38-5/h7-13,16-17,19,25,33H,6,14-15,18H2,1-5H3,(H,32,34)/t25-/m0/s1. The molecule has 0 aliphatic heterocycles. The first kappa shape index (κ1) is 26.9. The summed E-state index contributed by atoms with van der Waals surface area (Å²) in [5, 5.41) is 4.22. The van der Waals surface area contributed by atoms with Crippen LogP contribution in [-0.4, -0.2) is 45.9 Å². The van der Waals surface area contributed by atoms with Crippen LogP contribution in [0.5, 0.6) is 23.0 Å². The topological polar surface area (TPSA) is 81.8 Å². The Labute approximate surface area is 224 Å². The van der Waals surface area contributed by atoms with E-state index < -0.39 is 0 Å². The predicted molar refractivity (Wildman–Crippen MR) is 150 cm³/mol. The van der Waals surface area contributed by atoms with Gasteiger partial charge >= 0.3 is 0 Å². The van der Waals surface area contributed by atoms with Crippen LogP contribution in [0.4, 0.5) is 0 Å². The van der Waals surface area contributed by atoms with E-state index in [9.17, 15) is 4.79 Å². The molecule has 0 aliphatic rings. The Kier molecular flexibility index (Phi) is 8.79. The molecule has 1 amide bonds. The van der Waals surface area contributed by atoms with E-state index >= 15 is 0 Å². The Morgan fingerprint density at radius 1 is 0.868 bits per heavy atom. The molecule has 3 aromatic carbocycles. The van der Waals surface area contributed by atoms with Crippen LogP contribution in [0.1, 0.15) is 41.5 Å². The number of aromatic amines is 1. The fourth-order valence-corrected chi connectivity index (χ4v) is 4.96. The number of hydrogen-bond donors (Lipinski definition) is 2. The van der Waals surface area contributed by atoms with Crippen molar-refractivity contribution in [3.63, 3.8) is 0 Å². The Hall–Kier alpha value is -4.13. The van der Waals surface area contributed by atoms with E-state index in [2.05, 4.69) is 35.4 Å². The molecule has 0 spiro atoms. The monoisotopic (exact) mass is 516 g/mol. The molecule has 1 aromatic heterocycles. The van der Waals surface area contributed by atoms with Gasteiger partial charge in [-0.2, -0.15) is 0 Å². The second-order valence-electron chi connectivity index (χ2n) is 9.09. The summed E-state index contributed by atoms with van der Waals surface area (Å²) in [4.78, 5) is 16.7. The zero-order valence-electron chi connectivity index (χ0n) is 22.7. The first-order chi connectivity index (χ1) is 18.5. The number of methoxy groups -OCH3 is 4. The second-order valence-corrected chi connectivity index (χ2v) is 9.09. The van der Waals surface area contributed by atoms with Crippen LogP contribution in [0.2, 0.25) is 0 Å². The molecular formula is C31H36N2O5. The summed E-state index contributed by atoms with van der Waals surface area (Å²) >= 11 is 0. The zero-order chi connectivity index (χ0) is 27.1. The number of hydrogen-bond acceptors (Lipinski definition) is 5. The highest BCUT2D eigenvalue weighted by Gasteiger charge is 2.25. The van der Waals surface area contributed by atoms with Gasteiger partial charge in [0.1, 0.15) is 11.5 Å². The number of para-hydroxylation sites is 1. The van der Waals surface area contributed by atoms with Gasteiger partial charge in [-0.1, -0.05) is 37.3 Å². The average Bonchev–Trinajstić information content (AvgIpc) is 3.39. The third-order valence-electron chi connectivity index (χ3n) is 6.98. The fraction of sp³-hybridized carbons (Fsp3) is 0.323. The third-order valence-corrected chi connectivity index (χ3v) is 6.98. The van der Waals surface area contributed by atoms with Crippen LogP contribution in [0.25, 0.3) is 10.9 Å². The largest absolute Gasteiger partial charge is 0.497 e. The van der Waals surface area contributed by atoms with Crippen molar-refractivity contribution in [1.82, 2.24) is 10.3 Å². The van der Waals surface area contributed by atoms with Gasteiger partial charge in [-0.3, -0.25) is 4.79 Å². The normalized spacial score (nSPS) is 11.7. The van der Waals surface area contributed by atoms with E-state index in [4.69, 9.17) is 18.9 Å². The van der Waals surface area contributed by atoms with E-state index in [-0.39, 0.29) is 18.2 Å². The molecule has 2 N–H and O–H groups in total. The maximum atomic E-state index is 13.3. The van der Waals surface area contributed by atoms with Crippen molar-refractivity contribution in [2.45, 2.75) is 32.1 Å². The molecule has 1 heterocycles. The number of benzene rings is 3. The Morgan fingerprint density at radius 3 is 2.37 bits per heavy atom. The molecule has 0 bridgehead atoms. The molecule has 1 atom stereocenters. The lowest BCUT2D eigenvalue weighted by molar-refractivity contribution is -0.121. The lowest BCUT2D eigenvalue weighted by atomic mass is 9.87. The summed E-state index contributed by atoms with van der Waals surface area (Å²) in [5.74, 6) is 2.51. The molecule has 38 heavy (non-hydrogen) atoms. The maximum absolute atomic E-state index is 13.3. The van der Waals surface area contributed by atoms with Gasteiger partial charge < -0.3 is 29.2 Å².